The highest BCUT2D eigenvalue weighted by Crippen LogP contribution is 2.28. The predicted molar refractivity (Wildman–Crippen MR) is 144 cm³/mol. The maximum atomic E-state index is 12.9. The minimum absolute atomic E-state index is 0. The van der Waals surface area contributed by atoms with Gasteiger partial charge in [-0.3, -0.25) is 9.52 Å². The number of sulfonamides is 1. The number of primary amides is 1. The lowest BCUT2D eigenvalue weighted by atomic mass is 10.1. The average Bonchev–Trinajstić information content (AvgIpc) is 2.82. The maximum Gasteiger partial charge on any atom is 0.252 e. The first kappa shape index (κ1) is 30.9. The lowest BCUT2D eigenvalue weighted by Gasteiger charge is -2.15. The molecule has 0 bridgehead atoms. The Morgan fingerprint density at radius 3 is 2.13 bits per heavy atom. The minimum Gasteiger partial charge on any atom is -0.507 e. The Kier molecular flexibility index (Phi) is 10.1. The second-order valence-electron chi connectivity index (χ2n) is 8.31. The molecule has 11 nitrogen and oxygen atoms in total. The van der Waals surface area contributed by atoms with E-state index < -0.39 is 37.6 Å². The van der Waals surface area contributed by atoms with Crippen molar-refractivity contribution in [3.05, 3.63) is 77.4 Å². The van der Waals surface area contributed by atoms with Crippen LogP contribution in [0.25, 0.3) is 0 Å². The molecule has 0 aliphatic rings. The third-order valence-electron chi connectivity index (χ3n) is 5.41. The van der Waals surface area contributed by atoms with Gasteiger partial charge in [0.05, 0.1) is 33.4 Å². The number of halogens is 1. The van der Waals surface area contributed by atoms with Gasteiger partial charge in [0.1, 0.15) is 11.5 Å². The number of phenolic OH excluding ortho intramolecular Hbond substituents is 1. The van der Waals surface area contributed by atoms with Gasteiger partial charge in [0.2, 0.25) is 19.9 Å². The standard InChI is InChI=1S/C24H27N3O8S2.ClH/c1-36(32,33)27-20-12-16(4-8-22(20)29)23(30)14-26-11-10-15-2-5-17(6-3-15)37(34,35)18-7-9-21(28)19(13-18)24(25)31;/h2-9,12-13,23,26-30H,10-11,14H2,1H3,(H2,25,31);1H/t23-;/m1./s1. The van der Waals surface area contributed by atoms with E-state index in [4.69, 9.17) is 5.73 Å². The van der Waals surface area contributed by atoms with Crippen LogP contribution in [-0.2, 0) is 26.3 Å². The fourth-order valence-electron chi connectivity index (χ4n) is 3.48. The van der Waals surface area contributed by atoms with Crippen molar-refractivity contribution in [1.82, 2.24) is 5.32 Å². The van der Waals surface area contributed by atoms with Gasteiger partial charge in [-0.2, -0.15) is 0 Å². The van der Waals surface area contributed by atoms with Gasteiger partial charge in [0.15, 0.2) is 0 Å². The minimum atomic E-state index is -3.94. The summed E-state index contributed by atoms with van der Waals surface area (Å²) in [6, 6.07) is 13.6. The molecule has 1 atom stereocenters. The molecule has 1 amide bonds. The quantitative estimate of drug-likeness (QED) is 0.143. The zero-order valence-electron chi connectivity index (χ0n) is 20.2. The molecule has 0 aliphatic carbocycles. The highest BCUT2D eigenvalue weighted by molar-refractivity contribution is 7.92. The summed E-state index contributed by atoms with van der Waals surface area (Å²) in [6.07, 6.45) is 0.504. The van der Waals surface area contributed by atoms with Crippen molar-refractivity contribution >= 4 is 43.9 Å². The number of nitrogens with one attached hydrogen (secondary N) is 2. The van der Waals surface area contributed by atoms with Crippen LogP contribution in [0.4, 0.5) is 5.69 Å². The third-order valence-corrected chi connectivity index (χ3v) is 7.76. The summed E-state index contributed by atoms with van der Waals surface area (Å²) in [5, 5.41) is 33.0. The van der Waals surface area contributed by atoms with Crippen LogP contribution < -0.4 is 15.8 Å². The van der Waals surface area contributed by atoms with Crippen LogP contribution >= 0.6 is 12.4 Å². The Labute approximate surface area is 226 Å². The first-order valence-corrected chi connectivity index (χ1v) is 14.3. The molecule has 0 unspecified atom stereocenters. The maximum absolute atomic E-state index is 12.9. The van der Waals surface area contributed by atoms with Gasteiger partial charge in [-0.1, -0.05) is 18.2 Å². The van der Waals surface area contributed by atoms with Crippen LogP contribution in [-0.4, -0.2) is 57.4 Å². The third kappa shape index (κ3) is 7.82. The van der Waals surface area contributed by atoms with Crippen molar-refractivity contribution in [2.45, 2.75) is 22.3 Å². The first-order chi connectivity index (χ1) is 17.3. The Bertz CT molecular complexity index is 1510. The predicted octanol–water partition coefficient (Wildman–Crippen LogP) is 1.69. The van der Waals surface area contributed by atoms with Crippen LogP contribution in [0.2, 0.25) is 0 Å². The molecule has 0 aromatic heterocycles. The molecule has 206 valence electrons. The zero-order valence-corrected chi connectivity index (χ0v) is 22.6. The lowest BCUT2D eigenvalue weighted by molar-refractivity contribution is 0.0997. The topological polar surface area (TPSA) is 196 Å². The summed E-state index contributed by atoms with van der Waals surface area (Å²) < 4.78 is 50.8. The van der Waals surface area contributed by atoms with Crippen LogP contribution in [0.5, 0.6) is 11.5 Å². The molecular formula is C24H28ClN3O8S2. The van der Waals surface area contributed by atoms with Crippen molar-refractivity contribution in [1.29, 1.82) is 0 Å². The summed E-state index contributed by atoms with van der Waals surface area (Å²) in [7, 11) is -7.54. The van der Waals surface area contributed by atoms with Crippen LogP contribution in [0.1, 0.15) is 27.6 Å². The fraction of sp³-hybridized carbons (Fsp3) is 0.208. The molecule has 0 heterocycles. The number of sulfone groups is 1. The fourth-order valence-corrected chi connectivity index (χ4v) is 5.33. The highest BCUT2D eigenvalue weighted by Gasteiger charge is 2.20. The van der Waals surface area contributed by atoms with E-state index in [-0.39, 0.29) is 45.7 Å². The molecule has 3 aromatic rings. The van der Waals surface area contributed by atoms with Gasteiger partial charge in [-0.05, 0) is 66.6 Å². The number of anilines is 1. The zero-order chi connectivity index (χ0) is 27.4. The molecule has 0 radical (unpaired) electrons. The van der Waals surface area contributed by atoms with E-state index in [2.05, 4.69) is 10.0 Å². The van der Waals surface area contributed by atoms with Crippen molar-refractivity contribution in [3.63, 3.8) is 0 Å². The Morgan fingerprint density at radius 1 is 0.921 bits per heavy atom. The monoisotopic (exact) mass is 585 g/mol. The number of aliphatic hydroxyl groups is 1. The van der Waals surface area contributed by atoms with Crippen molar-refractivity contribution in [2.75, 3.05) is 24.1 Å². The van der Waals surface area contributed by atoms with Crippen molar-refractivity contribution in [2.24, 2.45) is 5.73 Å². The summed E-state index contributed by atoms with van der Waals surface area (Å²) in [5.41, 5.74) is 6.08. The number of aromatic hydroxyl groups is 2. The molecule has 0 aliphatic heterocycles. The number of aliphatic hydroxyl groups excluding tert-OH is 1. The van der Waals surface area contributed by atoms with Gasteiger partial charge < -0.3 is 26.4 Å². The number of carbonyl (C=O) groups excluding carboxylic acids is 1. The molecule has 3 aromatic carbocycles. The molecule has 14 heteroatoms. The molecule has 3 rings (SSSR count). The first-order valence-electron chi connectivity index (χ1n) is 10.9. The molecule has 0 saturated heterocycles. The lowest BCUT2D eigenvalue weighted by Crippen LogP contribution is -2.24. The molecule has 7 N–H and O–H groups in total. The molecule has 0 saturated carbocycles. The number of amides is 1. The van der Waals surface area contributed by atoms with E-state index >= 15 is 0 Å². The Morgan fingerprint density at radius 2 is 1.53 bits per heavy atom. The Hall–Kier alpha value is -3.36. The van der Waals surface area contributed by atoms with E-state index in [0.29, 0.717) is 18.5 Å². The van der Waals surface area contributed by atoms with E-state index in [9.17, 15) is 36.9 Å². The number of benzene rings is 3. The number of rotatable bonds is 11. The second kappa shape index (κ2) is 12.5. The van der Waals surface area contributed by atoms with Gasteiger partial charge in [0, 0.05) is 6.54 Å². The van der Waals surface area contributed by atoms with Crippen molar-refractivity contribution in [3.8, 4) is 11.5 Å². The largest absolute Gasteiger partial charge is 0.507 e. The van der Waals surface area contributed by atoms with Crippen LogP contribution in [0.15, 0.2) is 70.5 Å². The summed E-state index contributed by atoms with van der Waals surface area (Å²) >= 11 is 0. The van der Waals surface area contributed by atoms with Crippen LogP contribution in [0.3, 0.4) is 0 Å². The smallest absolute Gasteiger partial charge is 0.252 e. The number of hydrogen-bond acceptors (Lipinski definition) is 9. The van der Waals surface area contributed by atoms with Gasteiger partial charge in [0.25, 0.3) is 5.91 Å². The van der Waals surface area contributed by atoms with Gasteiger partial charge in [-0.25, -0.2) is 16.8 Å². The number of nitrogens with two attached hydrogens (primary N) is 1. The van der Waals surface area contributed by atoms with E-state index in [1.54, 1.807) is 12.1 Å². The molecule has 0 fully saturated rings. The summed E-state index contributed by atoms with van der Waals surface area (Å²) in [4.78, 5) is 11.3. The second-order valence-corrected chi connectivity index (χ2v) is 12.0. The SMILES string of the molecule is CS(=O)(=O)Nc1cc([C@H](O)CNCCc2ccc(S(=O)(=O)c3ccc(O)c(C(N)=O)c3)cc2)ccc1O.Cl. The molecule has 38 heavy (non-hydrogen) atoms. The van der Waals surface area contributed by atoms with Crippen LogP contribution in [0, 0.1) is 0 Å². The van der Waals surface area contributed by atoms with E-state index in [1.165, 1.54) is 36.4 Å². The van der Waals surface area contributed by atoms with Gasteiger partial charge >= 0.3 is 0 Å². The number of hydrogen-bond donors (Lipinski definition) is 6. The normalized spacial score (nSPS) is 12.4. The van der Waals surface area contributed by atoms with E-state index in [1.807, 2.05) is 0 Å². The van der Waals surface area contributed by atoms with E-state index in [0.717, 1.165) is 24.0 Å². The summed E-state index contributed by atoms with van der Waals surface area (Å²) in [5.74, 6) is -1.62. The Balaban J connectivity index is 0.00000507. The molecule has 0 spiro atoms. The van der Waals surface area contributed by atoms with Gasteiger partial charge in [-0.15, -0.1) is 12.4 Å². The number of phenols is 2. The average molecular weight is 586 g/mol. The molecular weight excluding hydrogens is 558 g/mol. The summed E-state index contributed by atoms with van der Waals surface area (Å²) in [6.45, 7) is 0.605. The number of carbonyl (C=O) groups is 1. The van der Waals surface area contributed by atoms with Crippen molar-refractivity contribution < 1.29 is 36.9 Å². The highest BCUT2D eigenvalue weighted by atomic mass is 35.5.